The van der Waals surface area contributed by atoms with E-state index in [9.17, 15) is 4.79 Å². The van der Waals surface area contributed by atoms with Crippen LogP contribution < -0.4 is 24.4 Å². The van der Waals surface area contributed by atoms with E-state index in [0.29, 0.717) is 28.7 Å². The number of nitrogens with zero attached hydrogens (tertiary/aromatic N) is 1. The van der Waals surface area contributed by atoms with Gasteiger partial charge in [0.15, 0.2) is 11.5 Å². The van der Waals surface area contributed by atoms with Gasteiger partial charge in [0.05, 0.1) is 26.4 Å². The number of ether oxygens (including phenoxy) is 4. The van der Waals surface area contributed by atoms with E-state index in [4.69, 9.17) is 18.9 Å². The molecule has 0 bridgehead atoms. The number of amides is 1. The third kappa shape index (κ3) is 3.88. The highest BCUT2D eigenvalue weighted by molar-refractivity contribution is 6.01. The molecule has 1 heterocycles. The molecule has 0 radical (unpaired) electrons. The molecule has 2 aromatic carbocycles. The predicted molar refractivity (Wildman–Crippen MR) is 96.2 cm³/mol. The maximum Gasteiger partial charge on any atom is 0.244 e. The minimum atomic E-state index is -0.226. The number of carbonyl (C=O) groups excluding carboxylic acids is 1. The van der Waals surface area contributed by atoms with E-state index in [1.807, 2.05) is 18.2 Å². The molecule has 0 fully saturated rings. The summed E-state index contributed by atoms with van der Waals surface area (Å²) >= 11 is 0. The summed E-state index contributed by atoms with van der Waals surface area (Å²) in [7, 11) is 3.16. The maximum absolute atomic E-state index is 12.2. The summed E-state index contributed by atoms with van der Waals surface area (Å²) < 4.78 is 21.1. The van der Waals surface area contributed by atoms with Gasteiger partial charge in [-0.1, -0.05) is 6.07 Å². The van der Waals surface area contributed by atoms with Crippen molar-refractivity contribution in [3.63, 3.8) is 0 Å². The highest BCUT2D eigenvalue weighted by Crippen LogP contribution is 2.32. The van der Waals surface area contributed by atoms with Crippen LogP contribution >= 0.6 is 0 Å². The van der Waals surface area contributed by atoms with Gasteiger partial charge in [0, 0.05) is 11.6 Å². The molecule has 1 amide bonds. The van der Waals surface area contributed by atoms with Crippen molar-refractivity contribution < 1.29 is 23.7 Å². The zero-order valence-corrected chi connectivity index (χ0v) is 14.9. The summed E-state index contributed by atoms with van der Waals surface area (Å²) in [6.07, 6.45) is 0.188. The first kappa shape index (κ1) is 17.6. The molecule has 7 nitrogen and oxygen atoms in total. The Morgan fingerprint density at radius 2 is 1.92 bits per heavy atom. The van der Waals surface area contributed by atoms with Gasteiger partial charge in [0.1, 0.15) is 11.5 Å². The normalized spacial score (nSPS) is 12.7. The molecule has 1 N–H and O–H groups in total. The highest BCUT2D eigenvalue weighted by atomic mass is 16.7. The van der Waals surface area contributed by atoms with E-state index in [-0.39, 0.29) is 19.1 Å². The van der Waals surface area contributed by atoms with Crippen LogP contribution in [-0.2, 0) is 11.2 Å². The Balaban J connectivity index is 1.66. The molecule has 0 aliphatic carbocycles. The third-order valence-corrected chi connectivity index (χ3v) is 3.95. The molecule has 136 valence electrons. The molecule has 3 rings (SSSR count). The summed E-state index contributed by atoms with van der Waals surface area (Å²) in [6.45, 7) is 2.00. The quantitative estimate of drug-likeness (QED) is 0.636. The Labute approximate surface area is 151 Å². The summed E-state index contributed by atoms with van der Waals surface area (Å²) in [4.78, 5) is 12.2. The third-order valence-electron chi connectivity index (χ3n) is 3.95. The van der Waals surface area contributed by atoms with E-state index < -0.39 is 0 Å². The van der Waals surface area contributed by atoms with Gasteiger partial charge in [-0.05, 0) is 36.8 Å². The van der Waals surface area contributed by atoms with Crippen molar-refractivity contribution in [1.29, 1.82) is 0 Å². The Hall–Kier alpha value is -3.22. The lowest BCUT2D eigenvalue weighted by atomic mass is 10.1. The number of benzene rings is 2. The van der Waals surface area contributed by atoms with Gasteiger partial charge in [-0.3, -0.25) is 4.79 Å². The second-order valence-corrected chi connectivity index (χ2v) is 5.66. The van der Waals surface area contributed by atoms with Gasteiger partial charge in [0.25, 0.3) is 0 Å². The standard InChI is InChI=1S/C19H20N2O5/c1-12(15-6-5-14(23-2)10-17(15)24-3)20-21-19(22)9-13-4-7-16-18(8-13)26-11-25-16/h4-8,10H,9,11H2,1-3H3,(H,21,22)/b20-12+. The second kappa shape index (κ2) is 7.77. The van der Waals surface area contributed by atoms with Gasteiger partial charge in [-0.25, -0.2) is 5.43 Å². The molecule has 0 unspecified atom stereocenters. The lowest BCUT2D eigenvalue weighted by Crippen LogP contribution is -2.21. The SMILES string of the molecule is COc1ccc(/C(C)=N/NC(=O)Cc2ccc3c(c2)OCO3)c(OC)c1. The van der Waals surface area contributed by atoms with Crippen LogP contribution in [0, 0.1) is 0 Å². The summed E-state index contributed by atoms with van der Waals surface area (Å²) in [5, 5.41) is 4.17. The van der Waals surface area contributed by atoms with Crippen LogP contribution in [0.15, 0.2) is 41.5 Å². The van der Waals surface area contributed by atoms with Crippen LogP contribution in [0.4, 0.5) is 0 Å². The Bertz CT molecular complexity index is 848. The van der Waals surface area contributed by atoms with E-state index in [1.165, 1.54) is 0 Å². The molecule has 0 spiro atoms. The smallest absolute Gasteiger partial charge is 0.244 e. The Morgan fingerprint density at radius 3 is 2.69 bits per heavy atom. The predicted octanol–water partition coefficient (Wildman–Crippen LogP) is 2.52. The van der Waals surface area contributed by atoms with Gasteiger partial charge in [-0.2, -0.15) is 5.10 Å². The fraction of sp³-hybridized carbons (Fsp3) is 0.263. The Morgan fingerprint density at radius 1 is 1.12 bits per heavy atom. The minimum Gasteiger partial charge on any atom is -0.497 e. The number of hydrogen-bond acceptors (Lipinski definition) is 6. The fourth-order valence-electron chi connectivity index (χ4n) is 2.58. The number of rotatable bonds is 6. The molecule has 2 aromatic rings. The molecule has 1 aliphatic rings. The van der Waals surface area contributed by atoms with Gasteiger partial charge in [-0.15, -0.1) is 0 Å². The number of hydrazone groups is 1. The van der Waals surface area contributed by atoms with Crippen molar-refractivity contribution in [2.45, 2.75) is 13.3 Å². The number of nitrogens with one attached hydrogen (secondary N) is 1. The van der Waals surface area contributed by atoms with Crippen LogP contribution in [0.1, 0.15) is 18.1 Å². The van der Waals surface area contributed by atoms with Crippen LogP contribution in [0.2, 0.25) is 0 Å². The Kier molecular flexibility index (Phi) is 5.26. The molecule has 7 heteroatoms. The number of methoxy groups -OCH3 is 2. The topological polar surface area (TPSA) is 78.4 Å². The molecule has 0 saturated carbocycles. The van der Waals surface area contributed by atoms with Crippen molar-refractivity contribution in [2.75, 3.05) is 21.0 Å². The van der Waals surface area contributed by atoms with E-state index in [2.05, 4.69) is 10.5 Å². The van der Waals surface area contributed by atoms with Crippen molar-refractivity contribution in [1.82, 2.24) is 5.43 Å². The summed E-state index contributed by atoms with van der Waals surface area (Å²) in [6, 6.07) is 10.8. The molecule has 0 aromatic heterocycles. The van der Waals surface area contributed by atoms with Crippen molar-refractivity contribution in [2.24, 2.45) is 5.10 Å². The fourth-order valence-corrected chi connectivity index (χ4v) is 2.58. The van der Waals surface area contributed by atoms with E-state index in [0.717, 1.165) is 11.1 Å². The van der Waals surface area contributed by atoms with Gasteiger partial charge in [0.2, 0.25) is 12.7 Å². The van der Waals surface area contributed by atoms with Crippen LogP contribution in [0.25, 0.3) is 0 Å². The minimum absolute atomic E-state index is 0.188. The van der Waals surface area contributed by atoms with Crippen LogP contribution in [-0.4, -0.2) is 32.6 Å². The van der Waals surface area contributed by atoms with Gasteiger partial charge < -0.3 is 18.9 Å². The molecule has 0 atom stereocenters. The number of hydrogen-bond donors (Lipinski definition) is 1. The first-order chi connectivity index (χ1) is 12.6. The average Bonchev–Trinajstić information content (AvgIpc) is 3.13. The first-order valence-corrected chi connectivity index (χ1v) is 8.04. The second-order valence-electron chi connectivity index (χ2n) is 5.66. The summed E-state index contributed by atoms with van der Waals surface area (Å²) in [5.74, 6) is 2.42. The van der Waals surface area contributed by atoms with Gasteiger partial charge >= 0.3 is 0 Å². The number of carbonyl (C=O) groups is 1. The maximum atomic E-state index is 12.2. The van der Waals surface area contributed by atoms with E-state index >= 15 is 0 Å². The molecular formula is C19H20N2O5. The van der Waals surface area contributed by atoms with Crippen LogP contribution in [0.5, 0.6) is 23.0 Å². The summed E-state index contributed by atoms with van der Waals surface area (Å²) in [5.41, 5.74) is 4.79. The first-order valence-electron chi connectivity index (χ1n) is 8.04. The van der Waals surface area contributed by atoms with E-state index in [1.54, 1.807) is 39.3 Å². The van der Waals surface area contributed by atoms with Crippen molar-refractivity contribution in [3.8, 4) is 23.0 Å². The van der Waals surface area contributed by atoms with Crippen LogP contribution in [0.3, 0.4) is 0 Å². The van der Waals surface area contributed by atoms with Crippen molar-refractivity contribution in [3.05, 3.63) is 47.5 Å². The lowest BCUT2D eigenvalue weighted by molar-refractivity contribution is -0.120. The number of fused-ring (bicyclic) bond motifs is 1. The monoisotopic (exact) mass is 356 g/mol. The molecule has 26 heavy (non-hydrogen) atoms. The molecule has 1 aliphatic heterocycles. The average molecular weight is 356 g/mol. The molecule has 0 saturated heterocycles. The largest absolute Gasteiger partial charge is 0.497 e. The lowest BCUT2D eigenvalue weighted by Gasteiger charge is -2.10. The van der Waals surface area contributed by atoms with Crippen molar-refractivity contribution >= 4 is 11.6 Å². The zero-order chi connectivity index (χ0) is 18.5. The zero-order valence-electron chi connectivity index (χ0n) is 14.9. The highest BCUT2D eigenvalue weighted by Gasteiger charge is 2.14. The molecular weight excluding hydrogens is 336 g/mol.